The third kappa shape index (κ3) is 3.15. The van der Waals surface area contributed by atoms with Gasteiger partial charge in [-0.3, -0.25) is 0 Å². The lowest BCUT2D eigenvalue weighted by molar-refractivity contribution is 0.436. The molecule has 1 heterocycles. The molecule has 0 bridgehead atoms. The van der Waals surface area contributed by atoms with E-state index in [-0.39, 0.29) is 5.41 Å². The molecule has 1 aromatic rings. The van der Waals surface area contributed by atoms with Gasteiger partial charge in [0.2, 0.25) is 0 Å². The average Bonchev–Trinajstić information content (AvgIpc) is 2.54. The van der Waals surface area contributed by atoms with Crippen LogP contribution in [0.15, 0.2) is 40.3 Å². The highest BCUT2D eigenvalue weighted by Gasteiger charge is 2.22. The van der Waals surface area contributed by atoms with Crippen molar-refractivity contribution in [2.24, 2.45) is 5.41 Å². The smallest absolute Gasteiger partial charge is 0.0810 e. The highest BCUT2D eigenvalue weighted by Crippen LogP contribution is 2.44. The van der Waals surface area contributed by atoms with Gasteiger partial charge in [0.05, 0.1) is 10.7 Å². The van der Waals surface area contributed by atoms with Crippen molar-refractivity contribution >= 4 is 34.5 Å². The highest BCUT2D eigenvalue weighted by molar-refractivity contribution is 8.03. The summed E-state index contributed by atoms with van der Waals surface area (Å²) in [5.74, 6) is 0. The van der Waals surface area contributed by atoms with Crippen LogP contribution in [0.4, 0.5) is 5.69 Å². The molecule has 1 aliphatic heterocycles. The van der Waals surface area contributed by atoms with Crippen molar-refractivity contribution in [3.8, 4) is 0 Å². The van der Waals surface area contributed by atoms with E-state index in [1.807, 2.05) is 0 Å². The number of fused-ring (bicyclic) bond motifs is 1. The fourth-order valence-electron chi connectivity index (χ4n) is 1.96. The molecule has 0 N–H and O–H groups in total. The van der Waals surface area contributed by atoms with E-state index < -0.39 is 0 Å². The average molecular weight is 277 g/mol. The Kier molecular flexibility index (Phi) is 3.83. The topological polar surface area (TPSA) is 3.24 Å². The zero-order valence-electron chi connectivity index (χ0n) is 11.4. The molecule has 18 heavy (non-hydrogen) atoms. The number of nitrogens with zero attached hydrogens (tertiary/aromatic N) is 1. The van der Waals surface area contributed by atoms with Crippen molar-refractivity contribution < 1.29 is 0 Å². The molecule has 0 radical (unpaired) electrons. The Morgan fingerprint density at radius 3 is 2.61 bits per heavy atom. The van der Waals surface area contributed by atoms with E-state index >= 15 is 0 Å². The molecule has 3 heteroatoms. The lowest BCUT2D eigenvalue weighted by atomic mass is 9.90. The van der Waals surface area contributed by atoms with Crippen molar-refractivity contribution in [2.45, 2.75) is 32.1 Å². The number of allylic oxidation sites excluding steroid dienone is 1. The van der Waals surface area contributed by atoms with E-state index in [4.69, 9.17) is 12.2 Å². The van der Waals surface area contributed by atoms with Crippen LogP contribution >= 0.6 is 24.0 Å². The Balaban J connectivity index is 2.16. The normalized spacial score (nSPS) is 17.1. The molecule has 0 atom stereocenters. The number of hydrogen-bond acceptors (Lipinski definition) is 3. The summed E-state index contributed by atoms with van der Waals surface area (Å²) in [6.07, 6.45) is 3.10. The molecule has 0 unspecified atom stereocenters. The van der Waals surface area contributed by atoms with Crippen molar-refractivity contribution in [3.63, 3.8) is 0 Å². The summed E-state index contributed by atoms with van der Waals surface area (Å²) in [5, 5.41) is 1.23. The molecule has 0 amide bonds. The van der Waals surface area contributed by atoms with Crippen LogP contribution in [0.2, 0.25) is 0 Å². The minimum atomic E-state index is 0.253. The first-order chi connectivity index (χ1) is 8.37. The van der Waals surface area contributed by atoms with E-state index in [0.29, 0.717) is 0 Å². The molecule has 1 aromatic carbocycles. The summed E-state index contributed by atoms with van der Waals surface area (Å²) in [5.41, 5.74) is 1.52. The molecular formula is C15H19NS2. The number of rotatable bonds is 2. The van der Waals surface area contributed by atoms with Gasteiger partial charge in [-0.05, 0) is 30.0 Å². The summed E-state index contributed by atoms with van der Waals surface area (Å²) in [7, 11) is 2.10. The van der Waals surface area contributed by atoms with E-state index in [2.05, 4.69) is 63.1 Å². The molecule has 0 saturated carbocycles. The van der Waals surface area contributed by atoms with Gasteiger partial charge in [-0.2, -0.15) is 0 Å². The summed E-state index contributed by atoms with van der Waals surface area (Å²) in [4.78, 5) is 4.56. The number of anilines is 1. The first-order valence-corrected chi connectivity index (χ1v) is 7.34. The largest absolute Gasteiger partial charge is 0.338 e. The molecule has 96 valence electrons. The van der Waals surface area contributed by atoms with Crippen molar-refractivity contribution in [1.82, 2.24) is 0 Å². The van der Waals surface area contributed by atoms with Crippen molar-refractivity contribution in [1.29, 1.82) is 0 Å². The van der Waals surface area contributed by atoms with Crippen LogP contribution in [0.1, 0.15) is 27.2 Å². The van der Waals surface area contributed by atoms with E-state index in [0.717, 1.165) is 11.3 Å². The molecule has 0 saturated heterocycles. The molecule has 0 fully saturated rings. The van der Waals surface area contributed by atoms with Gasteiger partial charge in [-0.25, -0.2) is 0 Å². The molecule has 0 aliphatic carbocycles. The molecule has 1 aliphatic rings. The predicted octanol–water partition coefficient (Wildman–Crippen LogP) is 4.88. The third-order valence-electron chi connectivity index (χ3n) is 2.76. The second-order valence-electron chi connectivity index (χ2n) is 5.82. The van der Waals surface area contributed by atoms with Crippen molar-refractivity contribution in [3.05, 3.63) is 35.4 Å². The minimum Gasteiger partial charge on any atom is -0.338 e. The number of thioether (sulfide) groups is 1. The Labute approximate surface area is 119 Å². The van der Waals surface area contributed by atoms with Crippen LogP contribution in [0.25, 0.3) is 0 Å². The lowest BCUT2D eigenvalue weighted by Crippen LogP contribution is -2.13. The maximum absolute atomic E-state index is 5.49. The van der Waals surface area contributed by atoms with E-state index in [1.165, 1.54) is 15.6 Å². The van der Waals surface area contributed by atoms with Gasteiger partial charge < -0.3 is 4.90 Å². The second-order valence-corrected chi connectivity index (χ2v) is 7.40. The van der Waals surface area contributed by atoms with Crippen LogP contribution in [-0.2, 0) is 0 Å². The zero-order valence-corrected chi connectivity index (χ0v) is 13.0. The Bertz CT molecular complexity index is 497. The fraction of sp³-hybridized carbons (Fsp3) is 0.400. The van der Waals surface area contributed by atoms with Crippen molar-refractivity contribution in [2.75, 3.05) is 11.9 Å². The fourth-order valence-corrected chi connectivity index (χ4v) is 3.70. The first kappa shape index (κ1) is 13.6. The van der Waals surface area contributed by atoms with E-state index in [9.17, 15) is 0 Å². The zero-order chi connectivity index (χ0) is 13.3. The van der Waals surface area contributed by atoms with Crippen LogP contribution in [0, 0.1) is 5.41 Å². The summed E-state index contributed by atoms with van der Waals surface area (Å²) >= 11 is 7.28. The van der Waals surface area contributed by atoms with Gasteiger partial charge >= 0.3 is 0 Å². The number of hydrogen-bond donors (Lipinski definition) is 0. The molecular weight excluding hydrogens is 258 g/mol. The maximum atomic E-state index is 5.49. The SMILES string of the molecule is CN1C(=CC(=S)CC(C)(C)C)Sc2ccccc21. The molecule has 0 aromatic heterocycles. The predicted molar refractivity (Wildman–Crippen MR) is 85.5 cm³/mol. The van der Waals surface area contributed by atoms with Crippen LogP contribution in [0.5, 0.6) is 0 Å². The Morgan fingerprint density at radius 2 is 2.00 bits per heavy atom. The Hall–Kier alpha value is -0.800. The molecule has 1 nitrogen and oxygen atoms in total. The summed E-state index contributed by atoms with van der Waals surface area (Å²) in [6, 6.07) is 8.46. The standard InChI is InChI=1S/C15H19NS2/c1-15(2,3)10-11(17)9-14-16(4)12-7-5-6-8-13(12)18-14/h5-9H,10H2,1-4H3. The summed E-state index contributed by atoms with van der Waals surface area (Å²) < 4.78 is 0. The first-order valence-electron chi connectivity index (χ1n) is 6.12. The Morgan fingerprint density at radius 1 is 1.33 bits per heavy atom. The van der Waals surface area contributed by atoms with Crippen LogP contribution < -0.4 is 4.90 Å². The third-order valence-corrected chi connectivity index (χ3v) is 4.19. The number of thiocarbonyl (C=S) groups is 1. The second kappa shape index (κ2) is 5.06. The quantitative estimate of drug-likeness (QED) is 0.560. The van der Waals surface area contributed by atoms with Gasteiger partial charge in [0.25, 0.3) is 0 Å². The van der Waals surface area contributed by atoms with Gasteiger partial charge in [0.15, 0.2) is 0 Å². The van der Waals surface area contributed by atoms with Gasteiger partial charge in [0.1, 0.15) is 0 Å². The minimum absolute atomic E-state index is 0.253. The highest BCUT2D eigenvalue weighted by atomic mass is 32.2. The maximum Gasteiger partial charge on any atom is 0.0810 e. The molecule has 0 spiro atoms. The van der Waals surface area contributed by atoms with Crippen LogP contribution in [-0.4, -0.2) is 11.9 Å². The number of para-hydroxylation sites is 1. The van der Waals surface area contributed by atoms with E-state index in [1.54, 1.807) is 11.8 Å². The summed E-state index contributed by atoms with van der Waals surface area (Å²) in [6.45, 7) is 6.66. The molecule has 2 rings (SSSR count). The monoisotopic (exact) mass is 277 g/mol. The van der Waals surface area contributed by atoms with Gasteiger partial charge in [-0.15, -0.1) is 0 Å². The lowest BCUT2D eigenvalue weighted by Gasteiger charge is -2.18. The number of benzene rings is 1. The van der Waals surface area contributed by atoms with Gasteiger partial charge in [-0.1, -0.05) is 56.9 Å². The van der Waals surface area contributed by atoms with Crippen LogP contribution in [0.3, 0.4) is 0 Å². The van der Waals surface area contributed by atoms with Gasteiger partial charge in [0, 0.05) is 16.8 Å².